The van der Waals surface area contributed by atoms with Gasteiger partial charge in [0.2, 0.25) is 20.0 Å². The van der Waals surface area contributed by atoms with Crippen LogP contribution in [0.4, 0.5) is 10.2 Å². The first-order valence-corrected chi connectivity index (χ1v) is 13.5. The van der Waals surface area contributed by atoms with Crippen LogP contribution in [-0.4, -0.2) is 58.3 Å². The maximum Gasteiger partial charge on any atom is 0.243 e. The number of nitrogens with one attached hydrogen (secondary N) is 1. The lowest BCUT2D eigenvalue weighted by Crippen LogP contribution is -2.35. The Morgan fingerprint density at radius 2 is 1.69 bits per heavy atom. The first kappa shape index (κ1) is 24.6. The predicted molar refractivity (Wildman–Crippen MR) is 121 cm³/mol. The number of rotatable bonds is 8. The van der Waals surface area contributed by atoms with Gasteiger partial charge in [0.1, 0.15) is 16.5 Å². The van der Waals surface area contributed by atoms with Crippen LogP contribution in [0, 0.1) is 5.82 Å². The molecule has 32 heavy (non-hydrogen) atoms. The van der Waals surface area contributed by atoms with Gasteiger partial charge in [-0.05, 0) is 56.2 Å². The highest BCUT2D eigenvalue weighted by Crippen LogP contribution is 2.21. The molecule has 0 radical (unpaired) electrons. The molecule has 2 heterocycles. The lowest BCUT2D eigenvalue weighted by atomic mass is 10.2. The molecule has 2 aromatic rings. The maximum absolute atomic E-state index is 13.2. The van der Waals surface area contributed by atoms with Gasteiger partial charge in [-0.1, -0.05) is 13.3 Å². The zero-order chi connectivity index (χ0) is 23.4. The number of hydrogen-bond donors (Lipinski definition) is 1. The van der Waals surface area contributed by atoms with Crippen LogP contribution in [0.2, 0.25) is 0 Å². The van der Waals surface area contributed by atoms with Gasteiger partial charge in [-0.3, -0.25) is 0 Å². The molecular formula is C21H29FN4O4S2. The summed E-state index contributed by atoms with van der Waals surface area (Å²) in [5, 5.41) is 0. The molecule has 3 rings (SSSR count). The van der Waals surface area contributed by atoms with Crippen molar-refractivity contribution in [1.29, 1.82) is 0 Å². The molecule has 176 valence electrons. The first-order valence-electron chi connectivity index (χ1n) is 10.6. The smallest absolute Gasteiger partial charge is 0.243 e. The number of hydrogen-bond acceptors (Lipinski definition) is 6. The molecule has 1 aromatic carbocycles. The molecule has 1 saturated heterocycles. The number of benzene rings is 1. The quantitative estimate of drug-likeness (QED) is 0.618. The molecule has 1 aliphatic heterocycles. The van der Waals surface area contributed by atoms with E-state index in [1.54, 1.807) is 6.07 Å². The molecule has 8 nitrogen and oxygen atoms in total. The van der Waals surface area contributed by atoms with E-state index in [0.717, 1.165) is 25.0 Å². The van der Waals surface area contributed by atoms with Gasteiger partial charge >= 0.3 is 0 Å². The number of pyridine rings is 1. The molecule has 11 heteroatoms. The van der Waals surface area contributed by atoms with E-state index < -0.39 is 25.9 Å². The van der Waals surface area contributed by atoms with E-state index in [2.05, 4.69) is 9.71 Å². The van der Waals surface area contributed by atoms with Crippen molar-refractivity contribution in [3.8, 4) is 0 Å². The summed E-state index contributed by atoms with van der Waals surface area (Å²) in [4.78, 5) is 6.41. The van der Waals surface area contributed by atoms with Crippen LogP contribution in [0.25, 0.3) is 0 Å². The van der Waals surface area contributed by atoms with Crippen molar-refractivity contribution >= 4 is 25.9 Å². The third kappa shape index (κ3) is 5.83. The highest BCUT2D eigenvalue weighted by molar-refractivity contribution is 7.89. The largest absolute Gasteiger partial charge is 0.355 e. The Morgan fingerprint density at radius 3 is 2.31 bits per heavy atom. The fourth-order valence-electron chi connectivity index (χ4n) is 3.66. The van der Waals surface area contributed by atoms with Crippen molar-refractivity contribution in [1.82, 2.24) is 14.0 Å². The Balaban J connectivity index is 1.68. The maximum atomic E-state index is 13.2. The molecule has 1 aliphatic rings. The van der Waals surface area contributed by atoms with Gasteiger partial charge in [0.15, 0.2) is 0 Å². The minimum Gasteiger partial charge on any atom is -0.355 e. The Labute approximate surface area is 189 Å². The predicted octanol–water partition coefficient (Wildman–Crippen LogP) is 2.59. The van der Waals surface area contributed by atoms with Gasteiger partial charge in [-0.25, -0.2) is 30.9 Å². The van der Waals surface area contributed by atoms with Crippen molar-refractivity contribution in [3.05, 3.63) is 48.4 Å². The van der Waals surface area contributed by atoms with Crippen molar-refractivity contribution in [2.45, 2.75) is 48.9 Å². The van der Waals surface area contributed by atoms with Crippen LogP contribution >= 0.6 is 0 Å². The standard InChI is InChI=1S/C21H29FN4O4S2/c1-3-5-17(2)24-31(27,28)20-10-11-21(23-16-20)25-12-4-13-26(15-14-25)32(29,30)19-8-6-18(22)7-9-19/h6-11,16-17,24H,3-5,12-15H2,1-2H3. The van der Waals surface area contributed by atoms with Gasteiger partial charge in [0.05, 0.1) is 4.90 Å². The minimum atomic E-state index is -3.72. The summed E-state index contributed by atoms with van der Waals surface area (Å²) < 4.78 is 68.0. The van der Waals surface area contributed by atoms with E-state index in [-0.39, 0.29) is 22.4 Å². The molecule has 0 aliphatic carbocycles. The van der Waals surface area contributed by atoms with Crippen molar-refractivity contribution in [2.24, 2.45) is 0 Å². The average molecular weight is 485 g/mol. The second-order valence-electron chi connectivity index (χ2n) is 7.86. The van der Waals surface area contributed by atoms with Crippen LogP contribution in [0.1, 0.15) is 33.1 Å². The van der Waals surface area contributed by atoms with Gasteiger partial charge in [0, 0.05) is 38.4 Å². The minimum absolute atomic E-state index is 0.0600. The van der Waals surface area contributed by atoms with E-state index >= 15 is 0 Å². The molecule has 1 atom stereocenters. The van der Waals surface area contributed by atoms with Crippen molar-refractivity contribution in [2.75, 3.05) is 31.1 Å². The molecule has 1 unspecified atom stereocenters. The third-order valence-corrected chi connectivity index (χ3v) is 8.83. The van der Waals surface area contributed by atoms with E-state index in [1.165, 1.54) is 28.7 Å². The number of halogens is 1. The Bertz CT molecular complexity index is 1110. The summed E-state index contributed by atoms with van der Waals surface area (Å²) in [6, 6.07) is 7.80. The fraction of sp³-hybridized carbons (Fsp3) is 0.476. The molecule has 0 amide bonds. The van der Waals surface area contributed by atoms with Crippen LogP contribution in [0.15, 0.2) is 52.4 Å². The van der Waals surface area contributed by atoms with Gasteiger partial charge in [-0.2, -0.15) is 4.31 Å². The molecule has 1 aromatic heterocycles. The lowest BCUT2D eigenvalue weighted by molar-refractivity contribution is 0.433. The molecule has 0 spiro atoms. The number of sulfonamides is 2. The van der Waals surface area contributed by atoms with Crippen LogP contribution < -0.4 is 9.62 Å². The van der Waals surface area contributed by atoms with Crippen molar-refractivity contribution < 1.29 is 21.2 Å². The zero-order valence-corrected chi connectivity index (χ0v) is 19.9. The zero-order valence-electron chi connectivity index (χ0n) is 18.2. The van der Waals surface area contributed by atoms with Gasteiger partial charge in [0.25, 0.3) is 0 Å². The lowest BCUT2D eigenvalue weighted by Gasteiger charge is -2.23. The van der Waals surface area contributed by atoms with Crippen molar-refractivity contribution in [3.63, 3.8) is 0 Å². The highest BCUT2D eigenvalue weighted by atomic mass is 32.2. The Kier molecular flexibility index (Phi) is 7.86. The molecule has 0 bridgehead atoms. The van der Waals surface area contributed by atoms with E-state index in [4.69, 9.17) is 0 Å². The summed E-state index contributed by atoms with van der Waals surface area (Å²) in [6.07, 6.45) is 3.53. The normalized spacial score (nSPS) is 17.2. The number of nitrogens with zero attached hydrogens (tertiary/aromatic N) is 3. The summed E-state index contributed by atoms with van der Waals surface area (Å²) in [6.45, 7) is 5.39. The molecule has 0 saturated carbocycles. The summed E-state index contributed by atoms with van der Waals surface area (Å²) in [5.74, 6) is 0.101. The van der Waals surface area contributed by atoms with Gasteiger partial charge < -0.3 is 4.90 Å². The summed E-state index contributed by atoms with van der Waals surface area (Å²) in [7, 11) is -7.36. The fourth-order valence-corrected chi connectivity index (χ4v) is 6.35. The third-order valence-electron chi connectivity index (χ3n) is 5.34. The average Bonchev–Trinajstić information content (AvgIpc) is 3.01. The second kappa shape index (κ2) is 10.2. The highest BCUT2D eigenvalue weighted by Gasteiger charge is 2.27. The van der Waals surface area contributed by atoms with Crippen LogP contribution in [-0.2, 0) is 20.0 Å². The first-order chi connectivity index (χ1) is 15.1. The van der Waals surface area contributed by atoms with Gasteiger partial charge in [-0.15, -0.1) is 0 Å². The number of anilines is 1. The van der Waals surface area contributed by atoms with Crippen LogP contribution in [0.5, 0.6) is 0 Å². The van der Waals surface area contributed by atoms with E-state index in [9.17, 15) is 21.2 Å². The Morgan fingerprint density at radius 1 is 1.00 bits per heavy atom. The van der Waals surface area contributed by atoms with Crippen LogP contribution in [0.3, 0.4) is 0 Å². The Hall–Kier alpha value is -2.08. The molecule has 1 N–H and O–H groups in total. The number of aromatic nitrogens is 1. The topological polar surface area (TPSA) is 99.7 Å². The van der Waals surface area contributed by atoms with E-state index in [1.807, 2.05) is 18.7 Å². The monoisotopic (exact) mass is 484 g/mol. The second-order valence-corrected chi connectivity index (χ2v) is 11.5. The van der Waals surface area contributed by atoms with E-state index in [0.29, 0.717) is 31.9 Å². The molecule has 1 fully saturated rings. The summed E-state index contributed by atoms with van der Waals surface area (Å²) >= 11 is 0. The molecular weight excluding hydrogens is 455 g/mol. The summed E-state index contributed by atoms with van der Waals surface area (Å²) in [5.41, 5.74) is 0. The SMILES string of the molecule is CCCC(C)NS(=O)(=O)c1ccc(N2CCCN(S(=O)(=O)c3ccc(F)cc3)CC2)nc1.